The van der Waals surface area contributed by atoms with Gasteiger partial charge < -0.3 is 10.2 Å². The lowest BCUT2D eigenvalue weighted by Gasteiger charge is -2.15. The van der Waals surface area contributed by atoms with Gasteiger partial charge in [-0.25, -0.2) is 0 Å². The highest BCUT2D eigenvalue weighted by Crippen LogP contribution is 2.13. The molecule has 4 nitrogen and oxygen atoms in total. The number of benzene rings is 2. The van der Waals surface area contributed by atoms with Crippen molar-refractivity contribution in [1.82, 2.24) is 10.2 Å². The molecular formula is C22H26N2O2. The third kappa shape index (κ3) is 5.19. The zero-order chi connectivity index (χ0) is 18.2. The number of carbonyl (C=O) groups is 2. The summed E-state index contributed by atoms with van der Waals surface area (Å²) >= 11 is 0. The van der Waals surface area contributed by atoms with Crippen molar-refractivity contribution in [3.63, 3.8) is 0 Å². The Balaban J connectivity index is 1.40. The molecule has 1 saturated heterocycles. The molecule has 0 radical (unpaired) electrons. The Morgan fingerprint density at radius 1 is 0.885 bits per heavy atom. The monoisotopic (exact) mass is 350 g/mol. The third-order valence-electron chi connectivity index (χ3n) is 4.80. The molecule has 1 heterocycles. The van der Waals surface area contributed by atoms with Crippen molar-refractivity contribution in [1.29, 1.82) is 0 Å². The van der Waals surface area contributed by atoms with E-state index >= 15 is 0 Å². The van der Waals surface area contributed by atoms with Crippen molar-refractivity contribution in [3.05, 3.63) is 71.3 Å². The van der Waals surface area contributed by atoms with Gasteiger partial charge in [-0.1, -0.05) is 42.5 Å². The number of hydrogen-bond donors (Lipinski definition) is 1. The fourth-order valence-corrected chi connectivity index (χ4v) is 3.25. The van der Waals surface area contributed by atoms with Crippen LogP contribution in [0.2, 0.25) is 0 Å². The summed E-state index contributed by atoms with van der Waals surface area (Å²) in [4.78, 5) is 26.2. The highest BCUT2D eigenvalue weighted by molar-refractivity contribution is 5.94. The van der Waals surface area contributed by atoms with Crippen LogP contribution in [0.5, 0.6) is 0 Å². The Morgan fingerprint density at radius 3 is 2.27 bits per heavy atom. The van der Waals surface area contributed by atoms with E-state index in [1.807, 2.05) is 47.4 Å². The van der Waals surface area contributed by atoms with Gasteiger partial charge in [0, 0.05) is 31.6 Å². The van der Waals surface area contributed by atoms with E-state index < -0.39 is 0 Å². The summed E-state index contributed by atoms with van der Waals surface area (Å²) in [6.45, 7) is 2.22. The zero-order valence-corrected chi connectivity index (χ0v) is 15.1. The zero-order valence-electron chi connectivity index (χ0n) is 15.1. The van der Waals surface area contributed by atoms with Crippen LogP contribution in [0.15, 0.2) is 54.6 Å². The summed E-state index contributed by atoms with van der Waals surface area (Å²) in [5.74, 6) is 0.178. The van der Waals surface area contributed by atoms with Gasteiger partial charge in [-0.2, -0.15) is 0 Å². The summed E-state index contributed by atoms with van der Waals surface area (Å²) in [5.41, 5.74) is 3.00. The Labute approximate surface area is 155 Å². The number of nitrogens with zero attached hydrogens (tertiary/aromatic N) is 1. The fraction of sp³-hybridized carbons (Fsp3) is 0.364. The predicted octanol–water partition coefficient (Wildman–Crippen LogP) is 3.56. The first-order chi connectivity index (χ1) is 12.7. The Hall–Kier alpha value is -2.62. The number of likely N-dealkylation sites (tertiary alicyclic amines) is 1. The molecule has 0 aromatic heterocycles. The molecule has 2 aromatic rings. The maximum Gasteiger partial charge on any atom is 0.253 e. The molecule has 2 aromatic carbocycles. The molecule has 1 fully saturated rings. The summed E-state index contributed by atoms with van der Waals surface area (Å²) in [5, 5.41) is 2.95. The molecule has 0 bridgehead atoms. The molecule has 1 aliphatic heterocycles. The van der Waals surface area contributed by atoms with Crippen molar-refractivity contribution in [2.24, 2.45) is 0 Å². The second kappa shape index (κ2) is 9.18. The van der Waals surface area contributed by atoms with Gasteiger partial charge in [-0.15, -0.1) is 0 Å². The average Bonchev–Trinajstić information content (AvgIpc) is 3.22. The lowest BCUT2D eigenvalue weighted by Crippen LogP contribution is -2.27. The minimum absolute atomic E-state index is 0.0677. The van der Waals surface area contributed by atoms with E-state index in [9.17, 15) is 9.59 Å². The van der Waals surface area contributed by atoms with Crippen molar-refractivity contribution >= 4 is 11.8 Å². The smallest absolute Gasteiger partial charge is 0.253 e. The second-order valence-corrected chi connectivity index (χ2v) is 6.81. The first kappa shape index (κ1) is 18.2. The predicted molar refractivity (Wildman–Crippen MR) is 103 cm³/mol. The van der Waals surface area contributed by atoms with Gasteiger partial charge in [0.05, 0.1) is 0 Å². The van der Waals surface area contributed by atoms with E-state index in [0.29, 0.717) is 13.0 Å². The fourth-order valence-electron chi connectivity index (χ4n) is 3.25. The molecule has 4 heteroatoms. The van der Waals surface area contributed by atoms with Crippen LogP contribution in [0.1, 0.15) is 47.2 Å². The maximum absolute atomic E-state index is 12.3. The molecule has 0 atom stereocenters. The largest absolute Gasteiger partial charge is 0.352 e. The van der Waals surface area contributed by atoms with Gasteiger partial charge >= 0.3 is 0 Å². The van der Waals surface area contributed by atoms with E-state index in [-0.39, 0.29) is 11.8 Å². The van der Waals surface area contributed by atoms with Crippen LogP contribution in [0, 0.1) is 0 Å². The van der Waals surface area contributed by atoms with Gasteiger partial charge in [0.25, 0.3) is 5.91 Å². The summed E-state index contributed by atoms with van der Waals surface area (Å²) in [6, 6.07) is 17.8. The van der Waals surface area contributed by atoms with Gasteiger partial charge in [0.15, 0.2) is 0 Å². The quantitative estimate of drug-likeness (QED) is 0.830. The van der Waals surface area contributed by atoms with E-state index in [1.54, 1.807) is 0 Å². The third-order valence-corrected chi connectivity index (χ3v) is 4.80. The van der Waals surface area contributed by atoms with Gasteiger partial charge in [-0.05, 0) is 48.9 Å². The van der Waals surface area contributed by atoms with Crippen LogP contribution >= 0.6 is 0 Å². The van der Waals surface area contributed by atoms with E-state index in [0.717, 1.165) is 49.9 Å². The van der Waals surface area contributed by atoms with Gasteiger partial charge in [0.2, 0.25) is 5.91 Å². The molecule has 26 heavy (non-hydrogen) atoms. The molecule has 1 aliphatic rings. The lowest BCUT2D eigenvalue weighted by molar-refractivity contribution is -0.121. The van der Waals surface area contributed by atoms with Crippen LogP contribution < -0.4 is 5.32 Å². The Bertz CT molecular complexity index is 720. The summed E-state index contributed by atoms with van der Waals surface area (Å²) < 4.78 is 0. The molecule has 0 aliphatic carbocycles. The number of aryl methyl sites for hydroxylation is 1. The standard InChI is InChI=1S/C22H26N2O2/c25-21(10-6-9-18-7-2-1-3-8-18)23-17-19-11-13-20(14-12-19)22(26)24-15-4-5-16-24/h1-3,7-8,11-14H,4-6,9-10,15-17H2,(H,23,25). The summed E-state index contributed by atoms with van der Waals surface area (Å²) in [7, 11) is 0. The van der Waals surface area contributed by atoms with Crippen molar-refractivity contribution in [2.75, 3.05) is 13.1 Å². The average molecular weight is 350 g/mol. The van der Waals surface area contributed by atoms with Crippen molar-refractivity contribution in [3.8, 4) is 0 Å². The highest BCUT2D eigenvalue weighted by atomic mass is 16.2. The first-order valence-electron chi connectivity index (χ1n) is 9.41. The number of carbonyl (C=O) groups excluding carboxylic acids is 2. The molecule has 0 saturated carbocycles. The minimum atomic E-state index is 0.0677. The van der Waals surface area contributed by atoms with Crippen molar-refractivity contribution < 1.29 is 9.59 Å². The molecule has 0 unspecified atom stereocenters. The van der Waals surface area contributed by atoms with Crippen LogP contribution in [0.3, 0.4) is 0 Å². The van der Waals surface area contributed by atoms with Crippen LogP contribution in [-0.4, -0.2) is 29.8 Å². The van der Waals surface area contributed by atoms with Crippen LogP contribution in [0.4, 0.5) is 0 Å². The molecular weight excluding hydrogens is 324 g/mol. The molecule has 136 valence electrons. The molecule has 3 rings (SSSR count). The number of amides is 2. The number of hydrogen-bond acceptors (Lipinski definition) is 2. The minimum Gasteiger partial charge on any atom is -0.352 e. The summed E-state index contributed by atoms with van der Waals surface area (Å²) in [6.07, 6.45) is 4.49. The maximum atomic E-state index is 12.3. The van der Waals surface area contributed by atoms with E-state index in [1.165, 1.54) is 5.56 Å². The molecule has 0 spiro atoms. The molecule has 1 N–H and O–H groups in total. The highest BCUT2D eigenvalue weighted by Gasteiger charge is 2.19. The van der Waals surface area contributed by atoms with Gasteiger partial charge in [-0.3, -0.25) is 9.59 Å². The van der Waals surface area contributed by atoms with Crippen LogP contribution in [-0.2, 0) is 17.8 Å². The van der Waals surface area contributed by atoms with Gasteiger partial charge in [0.1, 0.15) is 0 Å². The van der Waals surface area contributed by atoms with Crippen molar-refractivity contribution in [2.45, 2.75) is 38.6 Å². The second-order valence-electron chi connectivity index (χ2n) is 6.81. The van der Waals surface area contributed by atoms with E-state index in [2.05, 4.69) is 17.4 Å². The first-order valence-corrected chi connectivity index (χ1v) is 9.41. The van der Waals surface area contributed by atoms with Crippen LogP contribution in [0.25, 0.3) is 0 Å². The number of rotatable bonds is 7. The molecule has 2 amide bonds. The Kier molecular flexibility index (Phi) is 6.42. The SMILES string of the molecule is O=C(CCCc1ccccc1)NCc1ccc(C(=O)N2CCCC2)cc1. The normalized spacial score (nSPS) is 13.6. The number of nitrogens with one attached hydrogen (secondary N) is 1. The lowest BCUT2D eigenvalue weighted by atomic mass is 10.1. The van der Waals surface area contributed by atoms with E-state index in [4.69, 9.17) is 0 Å². The topological polar surface area (TPSA) is 49.4 Å². The Morgan fingerprint density at radius 2 is 1.58 bits per heavy atom.